The molecule has 6 amide bonds. The Kier molecular flexibility index (Phi) is 6.51. The van der Waals surface area contributed by atoms with E-state index in [2.05, 4.69) is 28.4 Å². The number of rotatable bonds is 4. The second-order valence-electron chi connectivity index (χ2n) is 9.74. The molecule has 0 spiro atoms. The minimum absolute atomic E-state index is 0.00135. The van der Waals surface area contributed by atoms with Crippen molar-refractivity contribution in [1.82, 2.24) is 0 Å². The number of hydrogen-bond acceptors (Lipinski definition) is 5. The third-order valence-corrected chi connectivity index (χ3v) is 7.07. The van der Waals surface area contributed by atoms with E-state index in [-0.39, 0.29) is 39.3 Å². The van der Waals surface area contributed by atoms with E-state index in [1.165, 1.54) is 42.5 Å². The number of hydrogen-bond donors (Lipinski definition) is 2. The van der Waals surface area contributed by atoms with Crippen LogP contribution in [0.15, 0.2) is 78.9 Å². The van der Waals surface area contributed by atoms with E-state index in [1.54, 1.807) is 36.4 Å². The van der Waals surface area contributed by atoms with Crippen LogP contribution in [0.25, 0.3) is 0 Å². The van der Waals surface area contributed by atoms with Gasteiger partial charge in [-0.1, -0.05) is 23.8 Å². The van der Waals surface area contributed by atoms with E-state index in [1.807, 2.05) is 0 Å². The molecule has 0 atom stereocenters. The lowest BCUT2D eigenvalue weighted by Crippen LogP contribution is -2.32. The van der Waals surface area contributed by atoms with E-state index >= 15 is 0 Å². The van der Waals surface area contributed by atoms with Crippen molar-refractivity contribution >= 4 is 52.4 Å². The molecular weight excluding hydrogens is 556 g/mol. The van der Waals surface area contributed by atoms with Crippen LogP contribution in [-0.2, 0) is 0 Å². The number of terminal acetylenes is 3. The molecule has 2 heterocycles. The molecule has 0 aliphatic carbocycles. The van der Waals surface area contributed by atoms with Gasteiger partial charge in [-0.25, -0.2) is 14.6 Å². The molecule has 6 rings (SSSR count). The van der Waals surface area contributed by atoms with Gasteiger partial charge < -0.3 is 10.6 Å². The number of urea groups is 1. The molecule has 9 heteroatoms. The van der Waals surface area contributed by atoms with E-state index in [0.29, 0.717) is 22.4 Å². The van der Waals surface area contributed by atoms with Gasteiger partial charge in [0.2, 0.25) is 0 Å². The van der Waals surface area contributed by atoms with Crippen molar-refractivity contribution in [2.45, 2.75) is 0 Å². The predicted octanol–water partition coefficient (Wildman–Crippen LogP) is 4.88. The minimum atomic E-state index is -0.690. The van der Waals surface area contributed by atoms with E-state index in [0.717, 1.165) is 9.80 Å². The second-order valence-corrected chi connectivity index (χ2v) is 9.74. The number of nitrogens with one attached hydrogen (secondary N) is 2. The molecule has 4 aromatic carbocycles. The van der Waals surface area contributed by atoms with Gasteiger partial charge in [0.1, 0.15) is 0 Å². The maximum Gasteiger partial charge on any atom is 0.323 e. The first-order valence-corrected chi connectivity index (χ1v) is 13.0. The monoisotopic (exact) mass is 574 g/mol. The van der Waals surface area contributed by atoms with Gasteiger partial charge in [-0.3, -0.25) is 19.2 Å². The average molecular weight is 575 g/mol. The van der Waals surface area contributed by atoms with Crippen molar-refractivity contribution in [2.75, 3.05) is 20.4 Å². The van der Waals surface area contributed by atoms with Gasteiger partial charge in [-0.05, 0) is 72.8 Å². The maximum absolute atomic E-state index is 13.5. The number of carbonyl (C=O) groups excluding carboxylic acids is 5. The molecule has 44 heavy (non-hydrogen) atoms. The molecule has 0 bridgehead atoms. The maximum atomic E-state index is 13.5. The summed E-state index contributed by atoms with van der Waals surface area (Å²) in [5, 5.41) is 5.29. The summed E-state index contributed by atoms with van der Waals surface area (Å²) in [5.41, 5.74) is 2.29. The van der Waals surface area contributed by atoms with E-state index < -0.39 is 29.7 Å². The Hall–Kier alpha value is -6.89. The standard InChI is InChI=1S/C35H18N4O5/c1-4-20-8-7-9-23(14-20)36-35(44)37-24-17-25(38-31(40)27-12-10-21(5-2)15-29(27)33(38)42)19-26(18-24)39-32(41)28-13-11-22(6-3)16-30(28)34(39)43/h1-3,7-19H,(H2,36,37,44). The fraction of sp³-hybridized carbons (Fsp3) is 0. The Bertz CT molecular complexity index is 2010. The lowest BCUT2D eigenvalue weighted by Gasteiger charge is -2.21. The zero-order chi connectivity index (χ0) is 31.1. The van der Waals surface area contributed by atoms with Crippen molar-refractivity contribution < 1.29 is 24.0 Å². The highest BCUT2D eigenvalue weighted by molar-refractivity contribution is 6.36. The summed E-state index contributed by atoms with van der Waals surface area (Å²) in [6.45, 7) is 0. The second kappa shape index (κ2) is 10.5. The lowest BCUT2D eigenvalue weighted by molar-refractivity contribution is 0.0912. The summed E-state index contributed by atoms with van der Waals surface area (Å²) in [5.74, 6) is 4.73. The molecule has 2 aliphatic heterocycles. The highest BCUT2D eigenvalue weighted by Gasteiger charge is 2.40. The van der Waals surface area contributed by atoms with E-state index in [4.69, 9.17) is 19.3 Å². The number of benzene rings is 4. The third kappa shape index (κ3) is 4.52. The van der Waals surface area contributed by atoms with Crippen molar-refractivity contribution in [3.63, 3.8) is 0 Å². The molecule has 2 aliphatic rings. The zero-order valence-electron chi connectivity index (χ0n) is 22.7. The van der Waals surface area contributed by atoms with E-state index in [9.17, 15) is 24.0 Å². The van der Waals surface area contributed by atoms with Crippen molar-refractivity contribution in [3.05, 3.63) is 118 Å². The predicted molar refractivity (Wildman–Crippen MR) is 164 cm³/mol. The van der Waals surface area contributed by atoms with Gasteiger partial charge in [0, 0.05) is 28.1 Å². The lowest BCUT2D eigenvalue weighted by atomic mass is 10.1. The molecule has 4 aromatic rings. The first-order valence-electron chi connectivity index (χ1n) is 13.0. The molecule has 2 N–H and O–H groups in total. The molecule has 0 unspecified atom stereocenters. The van der Waals surface area contributed by atoms with Gasteiger partial charge in [-0.2, -0.15) is 0 Å². The third-order valence-electron chi connectivity index (χ3n) is 7.07. The van der Waals surface area contributed by atoms with Crippen LogP contribution in [0.4, 0.5) is 27.5 Å². The Balaban J connectivity index is 1.42. The van der Waals surface area contributed by atoms with Gasteiger partial charge >= 0.3 is 6.03 Å². The number of amides is 6. The van der Waals surface area contributed by atoms with Crippen LogP contribution in [0, 0.1) is 37.0 Å². The quantitative estimate of drug-likeness (QED) is 0.266. The molecule has 0 radical (unpaired) electrons. The average Bonchev–Trinajstić information content (AvgIpc) is 3.43. The number of imide groups is 2. The molecular formula is C35H18N4O5. The van der Waals surface area contributed by atoms with Crippen LogP contribution < -0.4 is 20.4 Å². The van der Waals surface area contributed by atoms with Gasteiger partial charge in [-0.15, -0.1) is 19.3 Å². The highest BCUT2D eigenvalue weighted by atomic mass is 16.2. The molecule has 0 saturated heterocycles. The first kappa shape index (κ1) is 27.3. The molecule has 0 aromatic heterocycles. The number of anilines is 4. The molecule has 9 nitrogen and oxygen atoms in total. The molecule has 0 fully saturated rings. The summed E-state index contributed by atoms with van der Waals surface area (Å²) in [6, 6.07) is 18.9. The Morgan fingerprint density at radius 3 is 1.48 bits per heavy atom. The normalized spacial score (nSPS) is 13.1. The Morgan fingerprint density at radius 2 is 0.977 bits per heavy atom. The van der Waals surface area contributed by atoms with Crippen LogP contribution in [0.1, 0.15) is 58.1 Å². The smallest absolute Gasteiger partial charge is 0.308 e. The van der Waals surface area contributed by atoms with Gasteiger partial charge in [0.25, 0.3) is 23.6 Å². The van der Waals surface area contributed by atoms with Crippen molar-refractivity contribution in [2.24, 2.45) is 0 Å². The molecule has 208 valence electrons. The fourth-order valence-corrected chi connectivity index (χ4v) is 5.04. The van der Waals surface area contributed by atoms with Crippen LogP contribution in [0.3, 0.4) is 0 Å². The number of carbonyl (C=O) groups is 5. The number of fused-ring (bicyclic) bond motifs is 2. The Labute approximate surface area is 251 Å². The highest BCUT2D eigenvalue weighted by Crippen LogP contribution is 2.37. The Morgan fingerprint density at radius 1 is 0.523 bits per heavy atom. The summed E-state index contributed by atoms with van der Waals surface area (Å²) in [6.07, 6.45) is 16.4. The summed E-state index contributed by atoms with van der Waals surface area (Å²) < 4.78 is 0. The summed E-state index contributed by atoms with van der Waals surface area (Å²) in [4.78, 5) is 68.6. The summed E-state index contributed by atoms with van der Waals surface area (Å²) >= 11 is 0. The fourth-order valence-electron chi connectivity index (χ4n) is 5.04. The van der Waals surface area contributed by atoms with Gasteiger partial charge in [0.05, 0.1) is 33.6 Å². The van der Waals surface area contributed by atoms with Crippen molar-refractivity contribution in [1.29, 1.82) is 0 Å². The zero-order valence-corrected chi connectivity index (χ0v) is 22.7. The SMILES string of the molecule is C#Cc1cccc(NC(=O)Nc2cc(N3C(=O)c4ccc(C#C)cc4C3=O)cc(N3C(=O)c4ccc(C#C)cc4C3=O)c2)c1. The summed E-state index contributed by atoms with van der Waals surface area (Å²) in [7, 11) is 0. The van der Waals surface area contributed by atoms with Gasteiger partial charge in [0.15, 0.2) is 0 Å². The topological polar surface area (TPSA) is 116 Å². The van der Waals surface area contributed by atoms with Crippen molar-refractivity contribution in [3.8, 4) is 37.0 Å². The van der Waals surface area contributed by atoms with Crippen LogP contribution in [-0.4, -0.2) is 29.7 Å². The largest absolute Gasteiger partial charge is 0.323 e. The molecule has 0 saturated carbocycles. The first-order chi connectivity index (χ1) is 21.2. The minimum Gasteiger partial charge on any atom is -0.308 e. The van der Waals surface area contributed by atoms with Crippen LogP contribution in [0.5, 0.6) is 0 Å². The number of nitrogens with zero attached hydrogens (tertiary/aromatic N) is 2. The van der Waals surface area contributed by atoms with Crippen LogP contribution >= 0.6 is 0 Å². The van der Waals surface area contributed by atoms with Crippen LogP contribution in [0.2, 0.25) is 0 Å².